The summed E-state index contributed by atoms with van der Waals surface area (Å²) in [7, 11) is 1.79. The minimum Gasteiger partial charge on any atom is -0.496 e. The van der Waals surface area contributed by atoms with Crippen molar-refractivity contribution in [2.24, 2.45) is 0 Å². The van der Waals surface area contributed by atoms with Gasteiger partial charge in [0.05, 0.1) is 7.11 Å². The number of methoxy groups -OCH3 is 1. The topological polar surface area (TPSA) is 12.5 Å². The lowest BCUT2D eigenvalue weighted by Crippen LogP contribution is -2.42. The Hall–Kier alpha value is -1.02. The summed E-state index contributed by atoms with van der Waals surface area (Å²) in [4.78, 5) is 2.71. The van der Waals surface area contributed by atoms with E-state index in [9.17, 15) is 0 Å². The van der Waals surface area contributed by atoms with Gasteiger partial charge in [-0.2, -0.15) is 0 Å². The number of hydrogen-bond acceptors (Lipinski definition) is 2. The van der Waals surface area contributed by atoms with Gasteiger partial charge in [-0.3, -0.25) is 0 Å². The maximum Gasteiger partial charge on any atom is 0.122 e. The molecule has 1 unspecified atom stereocenters. The Morgan fingerprint density at radius 2 is 2.00 bits per heavy atom. The van der Waals surface area contributed by atoms with Crippen molar-refractivity contribution in [1.29, 1.82) is 0 Å². The molecule has 0 N–H and O–H groups in total. The summed E-state index contributed by atoms with van der Waals surface area (Å²) in [6.07, 6.45) is 7.90. The predicted molar refractivity (Wildman–Crippen MR) is 74.2 cm³/mol. The molecule has 2 aliphatic rings. The average Bonchev–Trinajstić information content (AvgIpc) is 2.47. The van der Waals surface area contributed by atoms with E-state index in [4.69, 9.17) is 4.74 Å². The second kappa shape index (κ2) is 5.31. The molecule has 0 radical (unpaired) electrons. The van der Waals surface area contributed by atoms with E-state index in [1.54, 1.807) is 7.11 Å². The molecule has 0 aromatic heterocycles. The third kappa shape index (κ3) is 2.26. The molecule has 98 valence electrons. The number of piperidine rings is 1. The van der Waals surface area contributed by atoms with Crippen molar-refractivity contribution >= 4 is 0 Å². The van der Waals surface area contributed by atoms with E-state index in [1.807, 2.05) is 0 Å². The first-order chi connectivity index (χ1) is 8.88. The summed E-state index contributed by atoms with van der Waals surface area (Å²) >= 11 is 0. The van der Waals surface area contributed by atoms with Crippen LogP contribution in [0.1, 0.15) is 36.8 Å². The van der Waals surface area contributed by atoms with Gasteiger partial charge in [-0.05, 0) is 62.4 Å². The fraction of sp³-hybridized carbons (Fsp3) is 0.625. The molecular formula is C16H23NO. The van der Waals surface area contributed by atoms with Crippen LogP contribution in [-0.4, -0.2) is 31.1 Å². The highest BCUT2D eigenvalue weighted by Gasteiger charge is 2.26. The highest BCUT2D eigenvalue weighted by atomic mass is 16.5. The maximum absolute atomic E-state index is 5.53. The van der Waals surface area contributed by atoms with Crippen molar-refractivity contribution < 1.29 is 4.74 Å². The van der Waals surface area contributed by atoms with Crippen LogP contribution in [0.4, 0.5) is 0 Å². The van der Waals surface area contributed by atoms with Crippen LogP contribution < -0.4 is 4.74 Å². The summed E-state index contributed by atoms with van der Waals surface area (Å²) in [5, 5.41) is 0. The summed E-state index contributed by atoms with van der Waals surface area (Å²) in [5.41, 5.74) is 2.96. The minimum atomic E-state index is 0.745. The van der Waals surface area contributed by atoms with Gasteiger partial charge in [-0.15, -0.1) is 0 Å². The van der Waals surface area contributed by atoms with Gasteiger partial charge in [0.15, 0.2) is 0 Å². The van der Waals surface area contributed by atoms with Crippen LogP contribution in [-0.2, 0) is 12.8 Å². The van der Waals surface area contributed by atoms with Gasteiger partial charge in [0.25, 0.3) is 0 Å². The van der Waals surface area contributed by atoms with Crippen LogP contribution in [0.2, 0.25) is 0 Å². The number of hydrogen-bond donors (Lipinski definition) is 0. The summed E-state index contributed by atoms with van der Waals surface area (Å²) in [5.74, 6) is 1.09. The van der Waals surface area contributed by atoms with Crippen LogP contribution >= 0.6 is 0 Å². The highest BCUT2D eigenvalue weighted by Crippen LogP contribution is 2.32. The van der Waals surface area contributed by atoms with Crippen molar-refractivity contribution in [2.45, 2.75) is 44.6 Å². The summed E-state index contributed by atoms with van der Waals surface area (Å²) in [6, 6.07) is 7.25. The molecule has 1 aromatic carbocycles. The Kier molecular flexibility index (Phi) is 3.55. The third-order valence-corrected chi connectivity index (χ3v) is 4.54. The van der Waals surface area contributed by atoms with E-state index in [1.165, 1.54) is 62.7 Å². The molecular weight excluding hydrogens is 222 g/mol. The zero-order chi connectivity index (χ0) is 12.4. The smallest absolute Gasteiger partial charge is 0.122 e. The second-order valence-electron chi connectivity index (χ2n) is 5.59. The first kappa shape index (κ1) is 12.0. The van der Waals surface area contributed by atoms with Gasteiger partial charge in [-0.1, -0.05) is 18.6 Å². The Balaban J connectivity index is 1.79. The van der Waals surface area contributed by atoms with E-state index >= 15 is 0 Å². The third-order valence-electron chi connectivity index (χ3n) is 4.54. The van der Waals surface area contributed by atoms with Gasteiger partial charge >= 0.3 is 0 Å². The lowest BCUT2D eigenvalue weighted by Gasteiger charge is -2.37. The average molecular weight is 245 g/mol. The SMILES string of the molecule is COc1cccc2c1CC(N1CCCCC1)CC2. The van der Waals surface area contributed by atoms with Gasteiger partial charge in [-0.25, -0.2) is 0 Å². The standard InChI is InChI=1S/C16H23NO/c1-18-16-7-5-6-13-8-9-14(12-15(13)16)17-10-3-2-4-11-17/h5-7,14H,2-4,8-12H2,1H3. The number of rotatable bonds is 2. The Labute approximate surface area is 110 Å². The number of likely N-dealkylation sites (tertiary alicyclic amines) is 1. The van der Waals surface area contributed by atoms with E-state index in [-0.39, 0.29) is 0 Å². The largest absolute Gasteiger partial charge is 0.496 e. The number of fused-ring (bicyclic) bond motifs is 1. The van der Waals surface area contributed by atoms with E-state index in [0.717, 1.165) is 11.8 Å². The molecule has 1 aliphatic carbocycles. The number of benzene rings is 1. The van der Waals surface area contributed by atoms with Crippen molar-refractivity contribution in [1.82, 2.24) is 4.90 Å². The molecule has 0 amide bonds. The van der Waals surface area contributed by atoms with Crippen molar-refractivity contribution in [3.63, 3.8) is 0 Å². The molecule has 0 bridgehead atoms. The molecule has 1 saturated heterocycles. The van der Waals surface area contributed by atoms with E-state index in [0.29, 0.717) is 0 Å². The molecule has 1 atom stereocenters. The number of ether oxygens (including phenoxy) is 1. The molecule has 1 aliphatic heterocycles. The predicted octanol–water partition coefficient (Wildman–Crippen LogP) is 3.04. The van der Waals surface area contributed by atoms with Crippen molar-refractivity contribution in [3.05, 3.63) is 29.3 Å². The fourth-order valence-electron chi connectivity index (χ4n) is 3.52. The highest BCUT2D eigenvalue weighted by molar-refractivity contribution is 5.42. The Bertz CT molecular complexity index is 395. The quantitative estimate of drug-likeness (QED) is 0.794. The number of aryl methyl sites for hydroxylation is 1. The molecule has 3 rings (SSSR count). The molecule has 1 heterocycles. The molecule has 2 heteroatoms. The fourth-order valence-corrected chi connectivity index (χ4v) is 3.52. The lowest BCUT2D eigenvalue weighted by atomic mass is 9.86. The molecule has 0 saturated carbocycles. The van der Waals surface area contributed by atoms with Gasteiger partial charge in [0.2, 0.25) is 0 Å². The van der Waals surface area contributed by atoms with E-state index < -0.39 is 0 Å². The van der Waals surface area contributed by atoms with Gasteiger partial charge in [0.1, 0.15) is 5.75 Å². The zero-order valence-electron chi connectivity index (χ0n) is 11.3. The Morgan fingerprint density at radius 3 is 2.78 bits per heavy atom. The maximum atomic E-state index is 5.53. The van der Waals surface area contributed by atoms with E-state index in [2.05, 4.69) is 23.1 Å². The molecule has 0 spiro atoms. The lowest BCUT2D eigenvalue weighted by molar-refractivity contribution is 0.149. The molecule has 18 heavy (non-hydrogen) atoms. The van der Waals surface area contributed by atoms with Crippen LogP contribution in [0.5, 0.6) is 5.75 Å². The van der Waals surface area contributed by atoms with Crippen molar-refractivity contribution in [2.75, 3.05) is 20.2 Å². The summed E-state index contributed by atoms with van der Waals surface area (Å²) < 4.78 is 5.53. The van der Waals surface area contributed by atoms with Crippen LogP contribution in [0, 0.1) is 0 Å². The monoisotopic (exact) mass is 245 g/mol. The zero-order valence-corrected chi connectivity index (χ0v) is 11.3. The first-order valence-electron chi connectivity index (χ1n) is 7.27. The van der Waals surface area contributed by atoms with Crippen LogP contribution in [0.3, 0.4) is 0 Å². The second-order valence-corrected chi connectivity index (χ2v) is 5.59. The van der Waals surface area contributed by atoms with Crippen molar-refractivity contribution in [3.8, 4) is 5.75 Å². The molecule has 1 aromatic rings. The Morgan fingerprint density at radius 1 is 1.17 bits per heavy atom. The van der Waals surface area contributed by atoms with Crippen LogP contribution in [0.25, 0.3) is 0 Å². The normalized spacial score (nSPS) is 24.6. The molecule has 1 fully saturated rings. The number of nitrogens with zero attached hydrogens (tertiary/aromatic N) is 1. The van der Waals surface area contributed by atoms with Gasteiger partial charge in [0, 0.05) is 6.04 Å². The molecule has 2 nitrogen and oxygen atoms in total. The first-order valence-corrected chi connectivity index (χ1v) is 7.27. The minimum absolute atomic E-state index is 0.745. The van der Waals surface area contributed by atoms with Gasteiger partial charge < -0.3 is 9.64 Å². The van der Waals surface area contributed by atoms with Crippen LogP contribution in [0.15, 0.2) is 18.2 Å². The summed E-state index contributed by atoms with van der Waals surface area (Å²) in [6.45, 7) is 2.60.